The van der Waals surface area contributed by atoms with Crippen molar-refractivity contribution in [2.75, 3.05) is 7.11 Å². The quantitative estimate of drug-likeness (QED) is 0.646. The maximum absolute atomic E-state index is 5.07. The van der Waals surface area contributed by atoms with Crippen LogP contribution < -0.4 is 4.74 Å². The molecule has 1 aromatic rings. The zero-order valence-electron chi connectivity index (χ0n) is 7.21. The van der Waals surface area contributed by atoms with E-state index >= 15 is 0 Å². The van der Waals surface area contributed by atoms with E-state index in [0.29, 0.717) is 0 Å². The zero-order valence-corrected chi connectivity index (χ0v) is 7.21. The second-order valence-corrected chi connectivity index (χ2v) is 3.08. The van der Waals surface area contributed by atoms with Crippen LogP contribution in [0.4, 0.5) is 0 Å². The molecule has 0 spiro atoms. The van der Waals surface area contributed by atoms with E-state index in [1.807, 2.05) is 12.1 Å². The normalized spacial score (nSPS) is 14.2. The molecule has 1 fully saturated rings. The minimum Gasteiger partial charge on any atom is -0.497 e. The highest BCUT2D eigenvalue weighted by atomic mass is 16.5. The molecule has 1 nitrogen and oxygen atoms in total. The van der Waals surface area contributed by atoms with Gasteiger partial charge in [0, 0.05) is 0 Å². The average Bonchev–Trinajstić information content (AvgIpc) is 2.90. The van der Waals surface area contributed by atoms with Crippen LogP contribution in [0.1, 0.15) is 18.4 Å². The Hall–Kier alpha value is -1.24. The first-order chi connectivity index (χ1) is 5.88. The zero-order chi connectivity index (χ0) is 8.39. The molecule has 1 heteroatoms. The fourth-order valence-corrected chi connectivity index (χ4v) is 1.15. The summed E-state index contributed by atoms with van der Waals surface area (Å²) in [5.41, 5.74) is 2.84. The molecule has 0 N–H and O–H groups in total. The molecule has 0 bridgehead atoms. The summed E-state index contributed by atoms with van der Waals surface area (Å²) in [4.78, 5) is 0. The van der Waals surface area contributed by atoms with E-state index in [4.69, 9.17) is 4.74 Å². The van der Waals surface area contributed by atoms with Gasteiger partial charge in [-0.1, -0.05) is 23.8 Å². The standard InChI is InChI=1S/C11H12O/c1-12-11-6-4-10(5-7-11)8-9-2-3-9/h4-8H,2-3H2,1H3. The van der Waals surface area contributed by atoms with Crippen molar-refractivity contribution in [1.82, 2.24) is 0 Å². The molecule has 0 aliphatic heterocycles. The highest BCUT2D eigenvalue weighted by molar-refractivity contribution is 5.57. The molecule has 1 aliphatic rings. The lowest BCUT2D eigenvalue weighted by Crippen LogP contribution is -1.81. The number of ether oxygens (including phenoxy) is 1. The second-order valence-electron chi connectivity index (χ2n) is 3.08. The van der Waals surface area contributed by atoms with Crippen molar-refractivity contribution in [2.45, 2.75) is 12.8 Å². The van der Waals surface area contributed by atoms with Gasteiger partial charge in [-0.3, -0.25) is 0 Å². The van der Waals surface area contributed by atoms with Gasteiger partial charge >= 0.3 is 0 Å². The van der Waals surface area contributed by atoms with Gasteiger partial charge in [0.15, 0.2) is 0 Å². The van der Waals surface area contributed by atoms with E-state index in [1.54, 1.807) is 12.7 Å². The Bertz CT molecular complexity index is 289. The van der Waals surface area contributed by atoms with Gasteiger partial charge in [-0.15, -0.1) is 0 Å². The van der Waals surface area contributed by atoms with Crippen LogP contribution in [0.2, 0.25) is 0 Å². The van der Waals surface area contributed by atoms with Crippen molar-refractivity contribution < 1.29 is 4.74 Å². The van der Waals surface area contributed by atoms with Gasteiger partial charge in [-0.2, -0.15) is 0 Å². The van der Waals surface area contributed by atoms with Gasteiger partial charge in [0.05, 0.1) is 7.11 Å². The first-order valence-electron chi connectivity index (χ1n) is 4.22. The third kappa shape index (κ3) is 1.67. The Balaban J connectivity index is 2.18. The van der Waals surface area contributed by atoms with E-state index in [1.165, 1.54) is 18.4 Å². The smallest absolute Gasteiger partial charge is 0.118 e. The first kappa shape index (κ1) is 7.41. The highest BCUT2D eigenvalue weighted by Gasteiger charge is 2.09. The van der Waals surface area contributed by atoms with Crippen LogP contribution in [0.25, 0.3) is 6.08 Å². The Labute approximate surface area is 72.7 Å². The number of benzene rings is 1. The Kier molecular flexibility index (Phi) is 1.86. The number of hydrogen-bond acceptors (Lipinski definition) is 1. The molecule has 1 saturated carbocycles. The van der Waals surface area contributed by atoms with Gasteiger partial charge in [-0.05, 0) is 30.5 Å². The van der Waals surface area contributed by atoms with Crippen molar-refractivity contribution in [3.63, 3.8) is 0 Å². The molecule has 62 valence electrons. The lowest BCUT2D eigenvalue weighted by Gasteiger charge is -1.98. The topological polar surface area (TPSA) is 9.23 Å². The van der Waals surface area contributed by atoms with Crippen LogP contribution >= 0.6 is 0 Å². The van der Waals surface area contributed by atoms with Crippen molar-refractivity contribution in [3.8, 4) is 5.75 Å². The summed E-state index contributed by atoms with van der Waals surface area (Å²) < 4.78 is 5.07. The fraction of sp³-hybridized carbons (Fsp3) is 0.273. The fourth-order valence-electron chi connectivity index (χ4n) is 1.15. The van der Waals surface area contributed by atoms with E-state index in [9.17, 15) is 0 Å². The minimum atomic E-state index is 0.924. The molecule has 0 atom stereocenters. The average molecular weight is 160 g/mol. The molecule has 0 radical (unpaired) electrons. The van der Waals surface area contributed by atoms with Crippen LogP contribution in [-0.2, 0) is 0 Å². The highest BCUT2D eigenvalue weighted by Crippen LogP contribution is 2.30. The number of hydrogen-bond donors (Lipinski definition) is 0. The molecule has 0 heterocycles. The summed E-state index contributed by atoms with van der Waals surface area (Å²) in [7, 11) is 1.69. The van der Waals surface area contributed by atoms with Gasteiger partial charge < -0.3 is 4.74 Å². The molecule has 0 unspecified atom stereocenters. The Morgan fingerprint density at radius 1 is 1.17 bits per heavy atom. The van der Waals surface area contributed by atoms with Crippen LogP contribution in [0, 0.1) is 0 Å². The van der Waals surface area contributed by atoms with E-state index in [2.05, 4.69) is 18.2 Å². The molecule has 2 rings (SSSR count). The second kappa shape index (κ2) is 3.02. The van der Waals surface area contributed by atoms with Gasteiger partial charge in [0.2, 0.25) is 0 Å². The lowest BCUT2D eigenvalue weighted by atomic mass is 10.2. The SMILES string of the molecule is COc1ccc(C=C2CC2)cc1. The molecule has 0 aromatic heterocycles. The third-order valence-electron chi connectivity index (χ3n) is 2.03. The Morgan fingerprint density at radius 3 is 2.33 bits per heavy atom. The van der Waals surface area contributed by atoms with E-state index in [-0.39, 0.29) is 0 Å². The molecule has 0 saturated heterocycles. The first-order valence-corrected chi connectivity index (χ1v) is 4.22. The monoisotopic (exact) mass is 160 g/mol. The van der Waals surface area contributed by atoms with Crippen LogP contribution in [-0.4, -0.2) is 7.11 Å². The maximum Gasteiger partial charge on any atom is 0.118 e. The van der Waals surface area contributed by atoms with Crippen molar-refractivity contribution in [1.29, 1.82) is 0 Å². The molecule has 12 heavy (non-hydrogen) atoms. The molecular weight excluding hydrogens is 148 g/mol. The van der Waals surface area contributed by atoms with Gasteiger partial charge in [0.25, 0.3) is 0 Å². The molecule has 0 amide bonds. The predicted molar refractivity (Wildman–Crippen MR) is 50.2 cm³/mol. The number of allylic oxidation sites excluding steroid dienone is 1. The summed E-state index contributed by atoms with van der Waals surface area (Å²) in [5, 5.41) is 0. The largest absolute Gasteiger partial charge is 0.497 e. The summed E-state index contributed by atoms with van der Waals surface area (Å²) in [6.45, 7) is 0. The van der Waals surface area contributed by atoms with E-state index in [0.717, 1.165) is 5.75 Å². The summed E-state index contributed by atoms with van der Waals surface area (Å²) in [5.74, 6) is 0.924. The van der Waals surface area contributed by atoms with Crippen LogP contribution in [0.15, 0.2) is 29.8 Å². The third-order valence-corrected chi connectivity index (χ3v) is 2.03. The van der Waals surface area contributed by atoms with Crippen molar-refractivity contribution in [3.05, 3.63) is 35.4 Å². The summed E-state index contributed by atoms with van der Waals surface area (Å²) >= 11 is 0. The minimum absolute atomic E-state index is 0.924. The number of rotatable bonds is 2. The molecule has 1 aromatic carbocycles. The van der Waals surface area contributed by atoms with Gasteiger partial charge in [-0.25, -0.2) is 0 Å². The number of methoxy groups -OCH3 is 1. The van der Waals surface area contributed by atoms with Gasteiger partial charge in [0.1, 0.15) is 5.75 Å². The van der Waals surface area contributed by atoms with Crippen molar-refractivity contribution in [2.24, 2.45) is 0 Å². The summed E-state index contributed by atoms with van der Waals surface area (Å²) in [6, 6.07) is 8.16. The van der Waals surface area contributed by atoms with Crippen molar-refractivity contribution >= 4 is 6.08 Å². The maximum atomic E-state index is 5.07. The van der Waals surface area contributed by atoms with Crippen LogP contribution in [0.5, 0.6) is 5.75 Å². The Morgan fingerprint density at radius 2 is 1.83 bits per heavy atom. The predicted octanol–water partition coefficient (Wildman–Crippen LogP) is 2.87. The van der Waals surface area contributed by atoms with Crippen LogP contribution in [0.3, 0.4) is 0 Å². The van der Waals surface area contributed by atoms with E-state index < -0.39 is 0 Å². The summed E-state index contributed by atoms with van der Waals surface area (Å²) in [6.07, 6.45) is 4.82. The molecular formula is C11H12O. The lowest BCUT2D eigenvalue weighted by molar-refractivity contribution is 0.415. The molecule has 1 aliphatic carbocycles.